The van der Waals surface area contributed by atoms with E-state index in [0.717, 1.165) is 19.4 Å². The van der Waals surface area contributed by atoms with Crippen LogP contribution >= 0.6 is 11.6 Å². The van der Waals surface area contributed by atoms with Crippen molar-refractivity contribution in [3.63, 3.8) is 0 Å². The monoisotopic (exact) mass is 428 g/mol. The molecule has 11 nitrogen and oxygen atoms in total. The fraction of sp³-hybridized carbons (Fsp3) is 0.706. The third-order valence-corrected chi connectivity index (χ3v) is 5.31. The number of hydrogen-bond acceptors (Lipinski definition) is 10. The predicted molar refractivity (Wildman–Crippen MR) is 103 cm³/mol. The maximum absolute atomic E-state index is 10.5. The molecular formula is C17H25ClN6O5. The van der Waals surface area contributed by atoms with Crippen molar-refractivity contribution >= 4 is 28.6 Å². The van der Waals surface area contributed by atoms with Gasteiger partial charge in [-0.25, -0.2) is 4.98 Å². The van der Waals surface area contributed by atoms with Gasteiger partial charge in [0, 0.05) is 20.3 Å². The molecule has 2 saturated heterocycles. The van der Waals surface area contributed by atoms with Crippen LogP contribution in [0.15, 0.2) is 6.33 Å². The molecule has 12 heteroatoms. The van der Waals surface area contributed by atoms with Crippen LogP contribution in [0.1, 0.15) is 26.0 Å². The van der Waals surface area contributed by atoms with E-state index in [1.807, 2.05) is 11.9 Å². The summed E-state index contributed by atoms with van der Waals surface area (Å²) in [6, 6.07) is 0. The number of ether oxygens (including phenoxy) is 3. The Balaban J connectivity index is 1.64. The third-order valence-electron chi connectivity index (χ3n) is 5.14. The maximum atomic E-state index is 10.5. The van der Waals surface area contributed by atoms with E-state index in [2.05, 4.69) is 20.4 Å². The molecule has 4 rings (SSSR count). The van der Waals surface area contributed by atoms with Crippen LogP contribution in [-0.4, -0.2) is 86.1 Å². The van der Waals surface area contributed by atoms with Gasteiger partial charge in [-0.1, -0.05) is 0 Å². The van der Waals surface area contributed by atoms with Gasteiger partial charge in [-0.3, -0.25) is 9.99 Å². The van der Waals surface area contributed by atoms with Crippen molar-refractivity contribution in [2.45, 2.75) is 50.5 Å². The minimum atomic E-state index is -1.17. The minimum Gasteiger partial charge on any atom is -0.387 e. The molecule has 0 aliphatic carbocycles. The molecular weight excluding hydrogens is 404 g/mol. The van der Waals surface area contributed by atoms with Gasteiger partial charge >= 0.3 is 0 Å². The number of anilines is 1. The summed E-state index contributed by atoms with van der Waals surface area (Å²) < 4.78 is 18.1. The molecule has 2 aromatic rings. The zero-order chi connectivity index (χ0) is 20.5. The van der Waals surface area contributed by atoms with Gasteiger partial charge in [0.1, 0.15) is 24.5 Å². The highest BCUT2D eigenvalue weighted by atomic mass is 35.5. The Hall–Kier alpha value is -1.60. The highest BCUT2D eigenvalue weighted by Crippen LogP contribution is 2.33. The molecule has 0 radical (unpaired) electrons. The number of methoxy groups -OCH3 is 1. The fourth-order valence-electron chi connectivity index (χ4n) is 3.78. The van der Waals surface area contributed by atoms with Crippen molar-refractivity contribution in [3.05, 3.63) is 11.6 Å². The Morgan fingerprint density at radius 1 is 1.34 bits per heavy atom. The summed E-state index contributed by atoms with van der Waals surface area (Å²) in [5.74, 6) is 0.437. The first-order valence-electron chi connectivity index (χ1n) is 9.59. The highest BCUT2D eigenvalue weighted by molar-refractivity contribution is 6.28. The van der Waals surface area contributed by atoms with Crippen molar-refractivity contribution in [2.24, 2.45) is 0 Å². The normalized spacial score (nSPS) is 30.4. The number of nitrogens with zero attached hydrogens (tertiary/aromatic N) is 5. The second kappa shape index (κ2) is 8.64. The number of rotatable bonds is 7. The predicted octanol–water partition coefficient (Wildman–Crippen LogP) is 0.531. The lowest BCUT2D eigenvalue weighted by Crippen LogP contribution is -2.37. The van der Waals surface area contributed by atoms with Gasteiger partial charge in [0.2, 0.25) is 5.28 Å². The Bertz CT molecular complexity index is 853. The Labute approximate surface area is 172 Å². The van der Waals surface area contributed by atoms with Gasteiger partial charge in [-0.15, -0.1) is 0 Å². The van der Waals surface area contributed by atoms with Gasteiger partial charge in [0.05, 0.1) is 12.9 Å². The van der Waals surface area contributed by atoms with Gasteiger partial charge in [0.25, 0.3) is 0 Å². The standard InChI is InChI=1S/C17H25ClN6O5/c1-3-28-10-5-4-6-24(10)22-14-11-15(21-17(18)20-14)23(8-19-11)16-13(26)12(25)9(29-16)7-27-2/h8-10,12-13,16,25-26H,3-7H2,1-2H3,(H,20,21,22)/t9-,10?,12?,13?,16-/m1/s1. The lowest BCUT2D eigenvalue weighted by molar-refractivity contribution is -0.0580. The van der Waals surface area contributed by atoms with Crippen molar-refractivity contribution in [3.8, 4) is 0 Å². The summed E-state index contributed by atoms with van der Waals surface area (Å²) in [5.41, 5.74) is 4.09. The minimum absolute atomic E-state index is 0.0235. The average molecular weight is 429 g/mol. The zero-order valence-corrected chi connectivity index (χ0v) is 17.0. The molecule has 3 N–H and O–H groups in total. The molecule has 2 aliphatic rings. The molecule has 2 aliphatic heterocycles. The summed E-state index contributed by atoms with van der Waals surface area (Å²) in [5, 5.41) is 22.7. The number of imidazole rings is 1. The van der Waals surface area contributed by atoms with Crippen LogP contribution in [0.3, 0.4) is 0 Å². The molecule has 5 atom stereocenters. The maximum Gasteiger partial charge on any atom is 0.226 e. The van der Waals surface area contributed by atoms with E-state index < -0.39 is 24.5 Å². The lowest BCUT2D eigenvalue weighted by Gasteiger charge is -2.25. The number of fused-ring (bicyclic) bond motifs is 1. The molecule has 2 fully saturated rings. The van der Waals surface area contributed by atoms with E-state index in [1.165, 1.54) is 13.4 Å². The number of hydrazine groups is 1. The molecule has 0 aromatic carbocycles. The number of hydrogen-bond donors (Lipinski definition) is 3. The molecule has 4 heterocycles. The third kappa shape index (κ3) is 3.91. The average Bonchev–Trinajstić information content (AvgIpc) is 3.37. The molecule has 3 unspecified atom stereocenters. The first-order valence-corrected chi connectivity index (χ1v) is 9.96. The van der Waals surface area contributed by atoms with Crippen LogP contribution in [0.25, 0.3) is 11.2 Å². The first kappa shape index (κ1) is 20.7. The highest BCUT2D eigenvalue weighted by Gasteiger charge is 2.44. The number of aliphatic hydroxyl groups is 2. The zero-order valence-electron chi connectivity index (χ0n) is 16.2. The van der Waals surface area contributed by atoms with Crippen molar-refractivity contribution in [1.29, 1.82) is 0 Å². The van der Waals surface area contributed by atoms with Crippen LogP contribution in [-0.2, 0) is 14.2 Å². The number of aromatic nitrogens is 4. The Kier molecular flexibility index (Phi) is 6.16. The van der Waals surface area contributed by atoms with Crippen LogP contribution in [0.5, 0.6) is 0 Å². The molecule has 0 amide bonds. The SMILES string of the molecule is CCOC1CCCN1Nc1nc(Cl)nc2c1ncn2[C@@H]1O[C@H](COC)C(O)C1O. The smallest absolute Gasteiger partial charge is 0.226 e. The second-order valence-electron chi connectivity index (χ2n) is 7.02. The van der Waals surface area contributed by atoms with Crippen LogP contribution in [0.2, 0.25) is 5.28 Å². The molecule has 0 saturated carbocycles. The van der Waals surface area contributed by atoms with E-state index in [4.69, 9.17) is 25.8 Å². The molecule has 2 aromatic heterocycles. The van der Waals surface area contributed by atoms with Gasteiger partial charge < -0.3 is 24.4 Å². The number of nitrogens with one attached hydrogen (secondary N) is 1. The van der Waals surface area contributed by atoms with E-state index in [9.17, 15) is 10.2 Å². The van der Waals surface area contributed by atoms with Crippen LogP contribution in [0.4, 0.5) is 5.82 Å². The summed E-state index contributed by atoms with van der Waals surface area (Å²) in [6.45, 7) is 3.51. The molecule has 160 valence electrons. The molecule has 0 bridgehead atoms. The van der Waals surface area contributed by atoms with Crippen LogP contribution < -0.4 is 5.43 Å². The molecule has 0 spiro atoms. The summed E-state index contributed by atoms with van der Waals surface area (Å²) in [6.07, 6.45) is -0.465. The summed E-state index contributed by atoms with van der Waals surface area (Å²) in [4.78, 5) is 12.9. The van der Waals surface area contributed by atoms with E-state index in [-0.39, 0.29) is 18.1 Å². The molecule has 29 heavy (non-hydrogen) atoms. The Morgan fingerprint density at radius 3 is 2.93 bits per heavy atom. The quantitative estimate of drug-likeness (QED) is 0.537. The number of aliphatic hydroxyl groups excluding tert-OH is 2. The van der Waals surface area contributed by atoms with Gasteiger partial charge in [-0.05, 0) is 31.4 Å². The van der Waals surface area contributed by atoms with E-state index in [0.29, 0.717) is 23.6 Å². The van der Waals surface area contributed by atoms with Gasteiger partial charge in [0.15, 0.2) is 23.2 Å². The lowest BCUT2D eigenvalue weighted by atomic mass is 10.1. The van der Waals surface area contributed by atoms with Gasteiger partial charge in [-0.2, -0.15) is 15.0 Å². The first-order chi connectivity index (χ1) is 14.0. The fourth-order valence-corrected chi connectivity index (χ4v) is 3.95. The van der Waals surface area contributed by atoms with Crippen molar-refractivity contribution < 1.29 is 24.4 Å². The number of halogens is 1. The van der Waals surface area contributed by atoms with Crippen molar-refractivity contribution in [1.82, 2.24) is 24.5 Å². The van der Waals surface area contributed by atoms with Crippen molar-refractivity contribution in [2.75, 3.05) is 32.3 Å². The summed E-state index contributed by atoms with van der Waals surface area (Å²) >= 11 is 6.16. The van der Waals surface area contributed by atoms with E-state index in [1.54, 1.807) is 4.57 Å². The summed E-state index contributed by atoms with van der Waals surface area (Å²) in [7, 11) is 1.50. The largest absolute Gasteiger partial charge is 0.387 e. The second-order valence-corrected chi connectivity index (χ2v) is 7.36. The van der Waals surface area contributed by atoms with Crippen LogP contribution in [0, 0.1) is 0 Å². The Morgan fingerprint density at radius 2 is 2.17 bits per heavy atom. The topological polar surface area (TPSA) is 127 Å². The van der Waals surface area contributed by atoms with E-state index >= 15 is 0 Å².